The van der Waals surface area contributed by atoms with Gasteiger partial charge in [-0.2, -0.15) is 0 Å². The van der Waals surface area contributed by atoms with Crippen LogP contribution in [-0.2, 0) is 14.3 Å². The maximum atomic E-state index is 12.1. The van der Waals surface area contributed by atoms with Gasteiger partial charge in [-0.15, -0.1) is 0 Å². The van der Waals surface area contributed by atoms with Crippen LogP contribution in [0.15, 0.2) is 42.5 Å². The van der Waals surface area contributed by atoms with Crippen LogP contribution in [0.1, 0.15) is 33.3 Å². The lowest BCUT2D eigenvalue weighted by atomic mass is 10.1. The molecule has 0 N–H and O–H groups in total. The number of allylic oxidation sites excluding steroid dienone is 3. The predicted octanol–water partition coefficient (Wildman–Crippen LogP) is 4.77. The first-order chi connectivity index (χ1) is 11.5. The second-order valence-corrected chi connectivity index (χ2v) is 12.2. The standard InChI is InChI=1S/C20H28O4Si/c1-15(21)10-8-13-18(19(22)23-5)16-11-9-12-17(14-16)24-25(6,7)20(2,3)4/h8-14H,1-7H3. The molecule has 1 rings (SSSR count). The van der Waals surface area contributed by atoms with Gasteiger partial charge in [0.05, 0.1) is 12.7 Å². The summed E-state index contributed by atoms with van der Waals surface area (Å²) in [5.41, 5.74) is 1.07. The Bertz CT molecular complexity index is 694. The minimum absolute atomic E-state index is 0.0776. The van der Waals surface area contributed by atoms with Gasteiger partial charge in [0.2, 0.25) is 8.32 Å². The zero-order valence-corrected chi connectivity index (χ0v) is 17.2. The van der Waals surface area contributed by atoms with Crippen molar-refractivity contribution in [3.05, 3.63) is 48.1 Å². The Morgan fingerprint density at radius 3 is 2.32 bits per heavy atom. The van der Waals surface area contributed by atoms with Gasteiger partial charge in [0.1, 0.15) is 5.75 Å². The summed E-state index contributed by atoms with van der Waals surface area (Å²) in [5, 5.41) is 0.0776. The summed E-state index contributed by atoms with van der Waals surface area (Å²) >= 11 is 0. The minimum Gasteiger partial charge on any atom is -0.543 e. The molecular formula is C20H28O4Si. The van der Waals surface area contributed by atoms with E-state index < -0.39 is 14.3 Å². The topological polar surface area (TPSA) is 52.6 Å². The van der Waals surface area contributed by atoms with Crippen molar-refractivity contribution in [1.82, 2.24) is 0 Å². The lowest BCUT2D eigenvalue weighted by molar-refractivity contribution is -0.133. The number of carbonyl (C=O) groups is 2. The van der Waals surface area contributed by atoms with Crippen LogP contribution < -0.4 is 4.43 Å². The van der Waals surface area contributed by atoms with Crippen molar-refractivity contribution < 1.29 is 18.8 Å². The lowest BCUT2D eigenvalue weighted by Crippen LogP contribution is -2.43. The summed E-state index contributed by atoms with van der Waals surface area (Å²) in [7, 11) is -0.639. The van der Waals surface area contributed by atoms with Crippen molar-refractivity contribution in [2.45, 2.75) is 45.8 Å². The molecule has 0 aliphatic rings. The molecule has 4 nitrogen and oxygen atoms in total. The van der Waals surface area contributed by atoms with E-state index in [1.54, 1.807) is 12.2 Å². The van der Waals surface area contributed by atoms with E-state index >= 15 is 0 Å². The molecule has 0 aliphatic carbocycles. The van der Waals surface area contributed by atoms with Crippen LogP contribution in [0.5, 0.6) is 5.75 Å². The van der Waals surface area contributed by atoms with E-state index in [2.05, 4.69) is 33.9 Å². The third-order valence-corrected chi connectivity index (χ3v) is 8.68. The van der Waals surface area contributed by atoms with Crippen molar-refractivity contribution in [3.63, 3.8) is 0 Å². The monoisotopic (exact) mass is 360 g/mol. The van der Waals surface area contributed by atoms with Gasteiger partial charge in [0.25, 0.3) is 0 Å². The second-order valence-electron chi connectivity index (χ2n) is 7.43. The van der Waals surface area contributed by atoms with Crippen molar-refractivity contribution in [2.75, 3.05) is 7.11 Å². The van der Waals surface area contributed by atoms with Crippen LogP contribution in [-0.4, -0.2) is 27.2 Å². The molecule has 0 aliphatic heterocycles. The van der Waals surface area contributed by atoms with Crippen LogP contribution >= 0.6 is 0 Å². The summed E-state index contributed by atoms with van der Waals surface area (Å²) < 4.78 is 11.2. The molecule has 0 saturated carbocycles. The number of rotatable bonds is 6. The predicted molar refractivity (Wildman–Crippen MR) is 104 cm³/mol. The SMILES string of the molecule is COC(=O)C(=CC=CC(C)=O)c1cccc(O[Si](C)(C)C(C)(C)C)c1. The maximum absolute atomic E-state index is 12.1. The van der Waals surface area contributed by atoms with Crippen molar-refractivity contribution in [1.29, 1.82) is 0 Å². The van der Waals surface area contributed by atoms with Gasteiger partial charge in [-0.3, -0.25) is 4.79 Å². The zero-order valence-electron chi connectivity index (χ0n) is 16.2. The molecule has 5 heteroatoms. The van der Waals surface area contributed by atoms with Crippen LogP contribution in [0.3, 0.4) is 0 Å². The summed E-state index contributed by atoms with van der Waals surface area (Å²) in [4.78, 5) is 23.2. The normalized spacial score (nSPS) is 13.0. The molecule has 25 heavy (non-hydrogen) atoms. The number of benzene rings is 1. The largest absolute Gasteiger partial charge is 0.543 e. The van der Waals surface area contributed by atoms with Crippen LogP contribution in [0.2, 0.25) is 18.1 Å². The fraction of sp³-hybridized carbons (Fsp3) is 0.400. The minimum atomic E-state index is -1.97. The molecule has 0 amide bonds. The Morgan fingerprint density at radius 2 is 1.80 bits per heavy atom. The van der Waals surface area contributed by atoms with Gasteiger partial charge in [0.15, 0.2) is 5.78 Å². The highest BCUT2D eigenvalue weighted by Crippen LogP contribution is 2.37. The molecular weight excluding hydrogens is 332 g/mol. The average Bonchev–Trinajstić information content (AvgIpc) is 2.49. The molecule has 0 aromatic heterocycles. The quantitative estimate of drug-likeness (QED) is 0.317. The smallest absolute Gasteiger partial charge is 0.338 e. The molecule has 136 valence electrons. The van der Waals surface area contributed by atoms with E-state index in [0.717, 1.165) is 5.75 Å². The number of carbonyl (C=O) groups excluding carboxylic acids is 2. The fourth-order valence-corrected chi connectivity index (χ4v) is 2.87. The third kappa shape index (κ3) is 6.01. The van der Waals surface area contributed by atoms with Gasteiger partial charge in [0, 0.05) is 0 Å². The number of hydrogen-bond donors (Lipinski definition) is 0. The highest BCUT2D eigenvalue weighted by atomic mass is 28.4. The first-order valence-corrected chi connectivity index (χ1v) is 11.2. The summed E-state index contributed by atoms with van der Waals surface area (Å²) in [6.45, 7) is 12.3. The van der Waals surface area contributed by atoms with Crippen molar-refractivity contribution in [2.24, 2.45) is 0 Å². The highest BCUT2D eigenvalue weighted by Gasteiger charge is 2.39. The first-order valence-electron chi connectivity index (χ1n) is 8.24. The second kappa shape index (κ2) is 8.29. The van der Waals surface area contributed by atoms with E-state index in [4.69, 9.17) is 9.16 Å². The summed E-state index contributed by atoms with van der Waals surface area (Å²) in [5.74, 6) is 0.183. The van der Waals surface area contributed by atoms with Gasteiger partial charge in [-0.25, -0.2) is 4.79 Å². The zero-order chi connectivity index (χ0) is 19.3. The third-order valence-electron chi connectivity index (χ3n) is 4.32. The Hall–Kier alpha value is -2.14. The molecule has 0 bridgehead atoms. The van der Waals surface area contributed by atoms with Crippen LogP contribution in [0.25, 0.3) is 5.57 Å². The van der Waals surface area contributed by atoms with E-state index in [-0.39, 0.29) is 10.8 Å². The fourth-order valence-electron chi connectivity index (χ4n) is 1.85. The molecule has 0 radical (unpaired) electrons. The van der Waals surface area contributed by atoms with Gasteiger partial charge >= 0.3 is 5.97 Å². The van der Waals surface area contributed by atoms with Gasteiger partial charge in [-0.1, -0.05) is 39.0 Å². The van der Waals surface area contributed by atoms with E-state index in [1.807, 2.05) is 24.3 Å². The molecule has 1 aromatic carbocycles. The molecule has 0 spiro atoms. The number of methoxy groups -OCH3 is 1. The number of hydrogen-bond acceptors (Lipinski definition) is 4. The lowest BCUT2D eigenvalue weighted by Gasteiger charge is -2.36. The first kappa shape index (κ1) is 20.9. The number of esters is 1. The van der Waals surface area contributed by atoms with Crippen LogP contribution in [0, 0.1) is 0 Å². The summed E-state index contributed by atoms with van der Waals surface area (Å²) in [6, 6.07) is 7.40. The number of ketones is 1. The molecule has 0 saturated heterocycles. The molecule has 0 fully saturated rings. The van der Waals surface area contributed by atoms with E-state index in [0.29, 0.717) is 11.1 Å². The Morgan fingerprint density at radius 1 is 1.16 bits per heavy atom. The molecule has 1 aromatic rings. The van der Waals surface area contributed by atoms with Gasteiger partial charge in [-0.05, 0) is 54.9 Å². The Balaban J connectivity index is 3.23. The van der Waals surface area contributed by atoms with E-state index in [1.165, 1.54) is 20.1 Å². The highest BCUT2D eigenvalue weighted by molar-refractivity contribution is 6.74. The van der Waals surface area contributed by atoms with Crippen molar-refractivity contribution in [3.8, 4) is 5.75 Å². The number of ether oxygens (including phenoxy) is 1. The average molecular weight is 361 g/mol. The van der Waals surface area contributed by atoms with Crippen LogP contribution in [0.4, 0.5) is 0 Å². The Kier molecular flexibility index (Phi) is 6.93. The maximum Gasteiger partial charge on any atom is 0.338 e. The van der Waals surface area contributed by atoms with Gasteiger partial charge < -0.3 is 9.16 Å². The van der Waals surface area contributed by atoms with Crippen molar-refractivity contribution >= 4 is 25.6 Å². The Labute approximate surface area is 151 Å². The molecule has 0 unspecified atom stereocenters. The molecule has 0 heterocycles. The molecule has 0 atom stereocenters. The van der Waals surface area contributed by atoms with E-state index in [9.17, 15) is 9.59 Å². The summed E-state index contributed by atoms with van der Waals surface area (Å²) in [6.07, 6.45) is 4.54.